The Morgan fingerprint density at radius 1 is 1.08 bits per heavy atom. The molecule has 1 aliphatic carbocycles. The second-order valence-corrected chi connectivity index (χ2v) is 11.0. The highest BCUT2D eigenvalue weighted by Crippen LogP contribution is 2.38. The summed E-state index contributed by atoms with van der Waals surface area (Å²) in [6, 6.07) is 12.6. The summed E-state index contributed by atoms with van der Waals surface area (Å²) in [6.07, 6.45) is 4.06. The fourth-order valence-electron chi connectivity index (χ4n) is 5.15. The van der Waals surface area contributed by atoms with Crippen molar-refractivity contribution in [3.8, 4) is 21.9 Å². The maximum atomic E-state index is 14.2. The van der Waals surface area contributed by atoms with Gasteiger partial charge in [0.25, 0.3) is 0 Å². The molecule has 5 rings (SSSR count). The highest BCUT2D eigenvalue weighted by molar-refractivity contribution is 7.15. The van der Waals surface area contributed by atoms with Gasteiger partial charge in [0, 0.05) is 33.7 Å². The lowest BCUT2D eigenvalue weighted by atomic mass is 10.0. The first-order chi connectivity index (χ1) is 18.9. The van der Waals surface area contributed by atoms with Gasteiger partial charge in [-0.3, -0.25) is 4.79 Å². The van der Waals surface area contributed by atoms with Crippen LogP contribution >= 0.6 is 11.3 Å². The Morgan fingerprint density at radius 2 is 1.82 bits per heavy atom. The van der Waals surface area contributed by atoms with E-state index >= 15 is 0 Å². The molecule has 2 heterocycles. The summed E-state index contributed by atoms with van der Waals surface area (Å²) in [5, 5.41) is 7.40. The van der Waals surface area contributed by atoms with Crippen LogP contribution in [0, 0.1) is 18.7 Å². The van der Waals surface area contributed by atoms with Crippen LogP contribution in [0.1, 0.15) is 54.9 Å². The smallest absolute Gasteiger partial charge is 0.223 e. The minimum atomic E-state index is -0.311. The van der Waals surface area contributed by atoms with Gasteiger partial charge in [-0.25, -0.2) is 14.4 Å². The Kier molecular flexibility index (Phi) is 7.97. The second kappa shape index (κ2) is 11.6. The van der Waals surface area contributed by atoms with Crippen molar-refractivity contribution in [1.29, 1.82) is 0 Å². The van der Waals surface area contributed by atoms with Crippen LogP contribution in [0.2, 0.25) is 0 Å². The van der Waals surface area contributed by atoms with Gasteiger partial charge in [-0.15, -0.1) is 11.3 Å². The lowest BCUT2D eigenvalue weighted by Gasteiger charge is -2.17. The van der Waals surface area contributed by atoms with Crippen LogP contribution in [0.15, 0.2) is 42.5 Å². The molecule has 9 heteroatoms. The van der Waals surface area contributed by atoms with E-state index in [0.717, 1.165) is 57.5 Å². The number of anilines is 1. The van der Waals surface area contributed by atoms with Crippen molar-refractivity contribution in [2.75, 3.05) is 19.5 Å². The number of hydrogen-bond acceptors (Lipinski definition) is 7. The topological polar surface area (TPSA) is 85.4 Å². The molecule has 0 spiro atoms. The highest BCUT2D eigenvalue weighted by Gasteiger charge is 2.23. The highest BCUT2D eigenvalue weighted by atomic mass is 32.1. The summed E-state index contributed by atoms with van der Waals surface area (Å²) in [4.78, 5) is 23.9. The van der Waals surface area contributed by atoms with Crippen LogP contribution in [0.5, 0.6) is 11.5 Å². The zero-order valence-corrected chi connectivity index (χ0v) is 23.5. The number of nitrogens with zero attached hydrogens (tertiary/aromatic N) is 2. The average Bonchev–Trinajstić information content (AvgIpc) is 3.64. The quantitative estimate of drug-likeness (QED) is 0.239. The Hall–Kier alpha value is -3.72. The summed E-state index contributed by atoms with van der Waals surface area (Å²) in [7, 11) is 3.20. The van der Waals surface area contributed by atoms with E-state index in [4.69, 9.17) is 9.47 Å². The number of benzene rings is 2. The van der Waals surface area contributed by atoms with E-state index in [2.05, 4.69) is 33.6 Å². The third-order valence-electron chi connectivity index (χ3n) is 7.23. The Morgan fingerprint density at radius 3 is 2.56 bits per heavy atom. The maximum absolute atomic E-state index is 14.2. The molecule has 7 nitrogen and oxygen atoms in total. The monoisotopic (exact) mass is 548 g/mol. The standard InChI is InChI=1S/C30H33FN4O3S/c1-17(33-29-23-14-25(37-3)26(38-4)15-24(23)34-18(2)35-29)27-11-12-28(39-27)22-10-9-21(31)13-20(22)16-32-30(36)19-7-5-6-8-19/h9-15,17,19H,5-8,16H2,1-4H3,(H,32,36)(H,33,34,35). The molecular formula is C30H33FN4O3S. The molecule has 39 heavy (non-hydrogen) atoms. The summed E-state index contributed by atoms with van der Waals surface area (Å²) < 4.78 is 25.1. The van der Waals surface area contributed by atoms with Crippen LogP contribution in [0.4, 0.5) is 10.2 Å². The number of nitrogens with one attached hydrogen (secondary N) is 2. The number of carbonyl (C=O) groups excluding carboxylic acids is 1. The lowest BCUT2D eigenvalue weighted by Crippen LogP contribution is -2.28. The largest absolute Gasteiger partial charge is 0.493 e. The molecule has 0 saturated heterocycles. The van der Waals surface area contributed by atoms with E-state index in [1.54, 1.807) is 31.6 Å². The number of aryl methyl sites for hydroxylation is 1. The molecule has 1 amide bonds. The number of fused-ring (bicyclic) bond motifs is 1. The van der Waals surface area contributed by atoms with E-state index < -0.39 is 0 Å². The van der Waals surface area contributed by atoms with Gasteiger partial charge in [0.1, 0.15) is 17.5 Å². The summed E-state index contributed by atoms with van der Waals surface area (Å²) in [5.74, 6) is 2.40. The van der Waals surface area contributed by atoms with Crippen molar-refractivity contribution in [3.05, 3.63) is 64.5 Å². The molecule has 1 saturated carbocycles. The van der Waals surface area contributed by atoms with E-state index in [-0.39, 0.29) is 23.7 Å². The van der Waals surface area contributed by atoms with Gasteiger partial charge in [0.15, 0.2) is 11.5 Å². The Bertz CT molecular complexity index is 1500. The maximum Gasteiger partial charge on any atom is 0.223 e. The molecule has 4 aromatic rings. The van der Waals surface area contributed by atoms with Crippen LogP contribution < -0.4 is 20.1 Å². The first kappa shape index (κ1) is 26.9. The number of methoxy groups -OCH3 is 2. The second-order valence-electron chi connectivity index (χ2n) is 9.91. The number of thiophene rings is 1. The molecule has 2 N–H and O–H groups in total. The van der Waals surface area contributed by atoms with Crippen molar-refractivity contribution >= 4 is 34.0 Å². The molecule has 2 aromatic carbocycles. The van der Waals surface area contributed by atoms with Crippen LogP contribution in [-0.2, 0) is 11.3 Å². The summed E-state index contributed by atoms with van der Waals surface area (Å²) >= 11 is 1.63. The van der Waals surface area contributed by atoms with E-state index in [1.807, 2.05) is 25.1 Å². The number of ether oxygens (including phenoxy) is 2. The van der Waals surface area contributed by atoms with Crippen LogP contribution in [0.25, 0.3) is 21.3 Å². The van der Waals surface area contributed by atoms with E-state index in [9.17, 15) is 9.18 Å². The van der Waals surface area contributed by atoms with Crippen molar-refractivity contribution in [1.82, 2.24) is 15.3 Å². The number of carbonyl (C=O) groups is 1. The Balaban J connectivity index is 1.38. The average molecular weight is 549 g/mol. The minimum Gasteiger partial charge on any atom is -0.493 e. The first-order valence-corrected chi connectivity index (χ1v) is 14.0. The SMILES string of the molecule is COc1cc2nc(C)nc(NC(C)c3ccc(-c4ccc(F)cc4CNC(=O)C4CCCC4)s3)c2cc1OC. The molecule has 1 unspecified atom stereocenters. The van der Waals surface area contributed by atoms with E-state index in [1.165, 1.54) is 12.1 Å². The van der Waals surface area contributed by atoms with Gasteiger partial charge in [-0.1, -0.05) is 18.9 Å². The van der Waals surface area contributed by atoms with Gasteiger partial charge < -0.3 is 20.1 Å². The number of amides is 1. The van der Waals surface area contributed by atoms with Gasteiger partial charge in [0.05, 0.1) is 25.8 Å². The van der Waals surface area contributed by atoms with Crippen LogP contribution in [-0.4, -0.2) is 30.1 Å². The van der Waals surface area contributed by atoms with Gasteiger partial charge >= 0.3 is 0 Å². The predicted molar refractivity (Wildman–Crippen MR) is 153 cm³/mol. The third kappa shape index (κ3) is 5.83. The fraction of sp³-hybridized carbons (Fsp3) is 0.367. The molecule has 1 aliphatic rings. The zero-order valence-electron chi connectivity index (χ0n) is 22.6. The lowest BCUT2D eigenvalue weighted by molar-refractivity contribution is -0.124. The van der Waals surface area contributed by atoms with Crippen molar-refractivity contribution < 1.29 is 18.7 Å². The Labute approximate surface area is 231 Å². The summed E-state index contributed by atoms with van der Waals surface area (Å²) in [5.41, 5.74) is 2.46. The fourth-order valence-corrected chi connectivity index (χ4v) is 6.22. The van der Waals surface area contributed by atoms with Crippen molar-refractivity contribution in [2.24, 2.45) is 5.92 Å². The first-order valence-electron chi connectivity index (χ1n) is 13.2. The molecule has 204 valence electrons. The number of rotatable bonds is 9. The molecule has 1 fully saturated rings. The molecule has 2 aromatic heterocycles. The minimum absolute atomic E-state index is 0.0553. The third-order valence-corrected chi connectivity index (χ3v) is 8.53. The molecule has 0 bridgehead atoms. The van der Waals surface area contributed by atoms with Gasteiger partial charge in [0.2, 0.25) is 5.91 Å². The number of halogens is 1. The molecular weight excluding hydrogens is 515 g/mol. The van der Waals surface area contributed by atoms with Crippen LogP contribution in [0.3, 0.4) is 0 Å². The van der Waals surface area contributed by atoms with Gasteiger partial charge in [-0.2, -0.15) is 0 Å². The zero-order chi connectivity index (χ0) is 27.5. The number of aromatic nitrogens is 2. The van der Waals surface area contributed by atoms with Crippen molar-refractivity contribution in [2.45, 2.75) is 52.1 Å². The number of hydrogen-bond donors (Lipinski definition) is 2. The van der Waals surface area contributed by atoms with Crippen molar-refractivity contribution in [3.63, 3.8) is 0 Å². The normalized spacial score (nSPS) is 14.4. The molecule has 0 radical (unpaired) electrons. The van der Waals surface area contributed by atoms with Gasteiger partial charge in [-0.05, 0) is 68.1 Å². The predicted octanol–water partition coefficient (Wildman–Crippen LogP) is 6.80. The van der Waals surface area contributed by atoms with E-state index in [0.29, 0.717) is 29.7 Å². The molecule has 1 atom stereocenters. The summed E-state index contributed by atoms with van der Waals surface area (Å²) in [6.45, 7) is 4.24. The molecule has 0 aliphatic heterocycles.